The monoisotopic (exact) mass is 339 g/mol. The average Bonchev–Trinajstić information content (AvgIpc) is 3.33. The molecule has 1 aromatic carbocycles. The molecule has 0 saturated carbocycles. The molecule has 25 heavy (non-hydrogen) atoms. The first-order valence-corrected chi connectivity index (χ1v) is 8.49. The lowest BCUT2D eigenvalue weighted by Gasteiger charge is -2.27. The number of nitrogens with zero attached hydrogens (tertiary/aromatic N) is 2. The van der Waals surface area contributed by atoms with E-state index in [2.05, 4.69) is 33.6 Å². The predicted octanol–water partition coefficient (Wildman–Crippen LogP) is 3.38. The van der Waals surface area contributed by atoms with Crippen molar-refractivity contribution in [1.82, 2.24) is 10.1 Å². The molecular weight excluding hydrogens is 318 g/mol. The van der Waals surface area contributed by atoms with Gasteiger partial charge in [0.25, 0.3) is 0 Å². The Morgan fingerprint density at radius 3 is 2.76 bits per heavy atom. The first kappa shape index (κ1) is 15.9. The minimum absolute atomic E-state index is 0.625. The fraction of sp³-hybridized carbons (Fsp3) is 0.316. The second kappa shape index (κ2) is 7.55. The molecule has 0 aliphatic carbocycles. The van der Waals surface area contributed by atoms with Crippen LogP contribution in [-0.2, 0) is 17.8 Å². The van der Waals surface area contributed by atoms with Gasteiger partial charge in [-0.15, -0.1) is 0 Å². The molecule has 1 N–H and O–H groups in total. The summed E-state index contributed by atoms with van der Waals surface area (Å²) < 4.78 is 16.2. The number of ether oxygens (including phenoxy) is 1. The first-order valence-electron chi connectivity index (χ1n) is 8.49. The molecule has 2 aromatic heterocycles. The van der Waals surface area contributed by atoms with Gasteiger partial charge in [-0.2, -0.15) is 0 Å². The molecule has 1 saturated heterocycles. The highest BCUT2D eigenvalue weighted by atomic mass is 16.5. The minimum atomic E-state index is 0.625. The molecule has 3 heterocycles. The second-order valence-electron chi connectivity index (χ2n) is 6.06. The van der Waals surface area contributed by atoms with Gasteiger partial charge >= 0.3 is 0 Å². The molecule has 6 heteroatoms. The van der Waals surface area contributed by atoms with Gasteiger partial charge in [0.15, 0.2) is 5.76 Å². The molecule has 1 fully saturated rings. The van der Waals surface area contributed by atoms with Gasteiger partial charge in [-0.1, -0.05) is 23.4 Å². The first-order chi connectivity index (χ1) is 12.4. The number of morpholine rings is 1. The zero-order valence-electron chi connectivity index (χ0n) is 14.0. The van der Waals surface area contributed by atoms with Crippen molar-refractivity contribution in [3.63, 3.8) is 0 Å². The van der Waals surface area contributed by atoms with Gasteiger partial charge in [-0.25, -0.2) is 0 Å². The summed E-state index contributed by atoms with van der Waals surface area (Å²) in [6.07, 6.45) is 3.36. The number of anilines is 1. The van der Waals surface area contributed by atoms with Gasteiger partial charge in [0, 0.05) is 37.4 Å². The van der Waals surface area contributed by atoms with Crippen molar-refractivity contribution in [3.8, 4) is 11.5 Å². The second-order valence-corrected chi connectivity index (χ2v) is 6.06. The Morgan fingerprint density at radius 2 is 1.92 bits per heavy atom. The lowest BCUT2D eigenvalue weighted by Crippen LogP contribution is -2.35. The number of nitrogens with one attached hydrogen (secondary N) is 1. The number of hydrogen-bond acceptors (Lipinski definition) is 6. The Kier molecular flexibility index (Phi) is 4.81. The van der Waals surface area contributed by atoms with E-state index in [1.54, 1.807) is 12.5 Å². The van der Waals surface area contributed by atoms with Crippen LogP contribution < -0.4 is 5.32 Å². The van der Waals surface area contributed by atoms with E-state index in [-0.39, 0.29) is 0 Å². The van der Waals surface area contributed by atoms with Crippen molar-refractivity contribution in [1.29, 1.82) is 0 Å². The molecular formula is C19H21N3O3. The van der Waals surface area contributed by atoms with E-state index >= 15 is 0 Å². The van der Waals surface area contributed by atoms with Gasteiger partial charge in [0.2, 0.25) is 5.76 Å². The molecule has 0 radical (unpaired) electrons. The van der Waals surface area contributed by atoms with Crippen molar-refractivity contribution in [2.24, 2.45) is 0 Å². The van der Waals surface area contributed by atoms with Gasteiger partial charge in [-0.05, 0) is 23.8 Å². The van der Waals surface area contributed by atoms with E-state index in [1.807, 2.05) is 18.2 Å². The fourth-order valence-corrected chi connectivity index (χ4v) is 3.02. The summed E-state index contributed by atoms with van der Waals surface area (Å²) >= 11 is 0. The third kappa shape index (κ3) is 3.75. The van der Waals surface area contributed by atoms with Gasteiger partial charge in [-0.3, -0.25) is 4.90 Å². The number of aromatic nitrogens is 1. The maximum absolute atomic E-state index is 5.43. The van der Waals surface area contributed by atoms with Crippen molar-refractivity contribution < 1.29 is 13.7 Å². The van der Waals surface area contributed by atoms with Crippen molar-refractivity contribution >= 4 is 5.69 Å². The Bertz CT molecular complexity index is 792. The Morgan fingerprint density at radius 1 is 1.04 bits per heavy atom. The third-order valence-electron chi connectivity index (χ3n) is 4.37. The lowest BCUT2D eigenvalue weighted by atomic mass is 10.1. The predicted molar refractivity (Wildman–Crippen MR) is 94.1 cm³/mol. The molecule has 130 valence electrons. The van der Waals surface area contributed by atoms with E-state index in [0.717, 1.165) is 44.1 Å². The van der Waals surface area contributed by atoms with Gasteiger partial charge in [0.1, 0.15) is 0 Å². The van der Waals surface area contributed by atoms with E-state index in [0.29, 0.717) is 18.1 Å². The Hall–Kier alpha value is -2.57. The maximum Gasteiger partial charge on any atom is 0.206 e. The zero-order chi connectivity index (χ0) is 16.9. The summed E-state index contributed by atoms with van der Waals surface area (Å²) in [6.45, 7) is 5.11. The number of rotatable bonds is 6. The Labute approximate surface area is 146 Å². The van der Waals surface area contributed by atoms with Crippen LogP contribution in [0.2, 0.25) is 0 Å². The van der Waals surface area contributed by atoms with Crippen LogP contribution in [-0.4, -0.2) is 36.4 Å². The largest absolute Gasteiger partial charge is 0.461 e. The van der Waals surface area contributed by atoms with Crippen LogP contribution in [0, 0.1) is 0 Å². The third-order valence-corrected chi connectivity index (χ3v) is 4.37. The summed E-state index contributed by atoms with van der Waals surface area (Å²) in [6, 6.07) is 12.1. The minimum Gasteiger partial charge on any atom is -0.461 e. The lowest BCUT2D eigenvalue weighted by molar-refractivity contribution is 0.0342. The zero-order valence-corrected chi connectivity index (χ0v) is 14.0. The highest BCUT2D eigenvalue weighted by Crippen LogP contribution is 2.25. The van der Waals surface area contributed by atoms with Crippen LogP contribution in [0.25, 0.3) is 11.5 Å². The summed E-state index contributed by atoms with van der Waals surface area (Å²) in [4.78, 5) is 2.41. The van der Waals surface area contributed by atoms with Crippen LogP contribution in [0.4, 0.5) is 5.69 Å². The molecule has 3 aromatic rings. The summed E-state index contributed by atoms with van der Waals surface area (Å²) in [5, 5.41) is 7.42. The normalized spacial score (nSPS) is 15.4. The standard InChI is InChI=1S/C19H21N3O3/c1-2-5-17(15(4-1)14-22-7-10-23-11-8-22)20-12-16-13-21-25-19(16)18-6-3-9-24-18/h1-6,9,13,20H,7-8,10-12,14H2. The van der Waals surface area contributed by atoms with E-state index < -0.39 is 0 Å². The van der Waals surface area contributed by atoms with E-state index in [4.69, 9.17) is 13.7 Å². The van der Waals surface area contributed by atoms with Gasteiger partial charge < -0.3 is 19.0 Å². The average molecular weight is 339 g/mol. The fourth-order valence-electron chi connectivity index (χ4n) is 3.02. The summed E-state index contributed by atoms with van der Waals surface area (Å²) in [5.74, 6) is 1.36. The Balaban J connectivity index is 1.46. The maximum atomic E-state index is 5.43. The molecule has 0 spiro atoms. The quantitative estimate of drug-likeness (QED) is 0.743. The molecule has 0 atom stereocenters. The molecule has 0 amide bonds. The summed E-state index contributed by atoms with van der Waals surface area (Å²) in [5.41, 5.74) is 3.37. The molecule has 1 aliphatic rings. The van der Waals surface area contributed by atoms with E-state index in [9.17, 15) is 0 Å². The van der Waals surface area contributed by atoms with Crippen LogP contribution in [0.3, 0.4) is 0 Å². The van der Waals surface area contributed by atoms with Crippen molar-refractivity contribution in [2.45, 2.75) is 13.1 Å². The number of benzene rings is 1. The van der Waals surface area contributed by atoms with E-state index in [1.165, 1.54) is 5.56 Å². The molecule has 0 bridgehead atoms. The number of para-hydroxylation sites is 1. The molecule has 4 rings (SSSR count). The van der Waals surface area contributed by atoms with Crippen LogP contribution in [0.15, 0.2) is 57.8 Å². The SMILES string of the molecule is c1coc(-c2oncc2CNc2ccccc2CN2CCOCC2)c1. The van der Waals surface area contributed by atoms with Crippen LogP contribution in [0.1, 0.15) is 11.1 Å². The number of hydrogen-bond donors (Lipinski definition) is 1. The molecule has 1 aliphatic heterocycles. The van der Waals surface area contributed by atoms with Crippen LogP contribution >= 0.6 is 0 Å². The molecule has 6 nitrogen and oxygen atoms in total. The van der Waals surface area contributed by atoms with Crippen molar-refractivity contribution in [2.75, 3.05) is 31.6 Å². The van der Waals surface area contributed by atoms with Crippen LogP contribution in [0.5, 0.6) is 0 Å². The molecule has 0 unspecified atom stereocenters. The topological polar surface area (TPSA) is 63.7 Å². The summed E-state index contributed by atoms with van der Waals surface area (Å²) in [7, 11) is 0. The van der Waals surface area contributed by atoms with Crippen molar-refractivity contribution in [3.05, 3.63) is 60.0 Å². The number of furan rings is 1. The highest BCUT2D eigenvalue weighted by Gasteiger charge is 2.15. The smallest absolute Gasteiger partial charge is 0.206 e. The van der Waals surface area contributed by atoms with Gasteiger partial charge in [0.05, 0.1) is 25.7 Å². The highest BCUT2D eigenvalue weighted by molar-refractivity contribution is 5.56.